The molecule has 0 saturated carbocycles. The number of methoxy groups -OCH3 is 1. The smallest absolute Gasteiger partial charge is 0.260 e. The Morgan fingerprint density at radius 2 is 1.74 bits per heavy atom. The number of carbonyl (C=O) groups is 2. The molecule has 35 heavy (non-hydrogen) atoms. The minimum absolute atomic E-state index is 0.0231. The van der Waals surface area contributed by atoms with E-state index in [0.717, 1.165) is 35.5 Å². The van der Waals surface area contributed by atoms with Crippen LogP contribution in [0.25, 0.3) is 0 Å². The van der Waals surface area contributed by atoms with Gasteiger partial charge >= 0.3 is 0 Å². The Kier molecular flexibility index (Phi) is 7.98. The van der Waals surface area contributed by atoms with Crippen molar-refractivity contribution >= 4 is 11.8 Å². The molecule has 1 aliphatic heterocycles. The maximum atomic E-state index is 13.1. The number of ether oxygens (including phenoxy) is 2. The maximum Gasteiger partial charge on any atom is 0.260 e. The van der Waals surface area contributed by atoms with E-state index in [1.165, 1.54) is 0 Å². The quantitative estimate of drug-likeness (QED) is 0.533. The largest absolute Gasteiger partial charge is 0.497 e. The molecule has 4 rings (SSSR count). The van der Waals surface area contributed by atoms with E-state index in [1.807, 2.05) is 78.6 Å². The average molecular weight is 474 g/mol. The lowest BCUT2D eigenvalue weighted by atomic mass is 9.89. The summed E-state index contributed by atoms with van der Waals surface area (Å²) < 4.78 is 10.9. The molecule has 1 N–H and O–H groups in total. The number of carbonyl (C=O) groups excluding carboxylic acids is 2. The zero-order valence-electron chi connectivity index (χ0n) is 20.2. The molecule has 0 aliphatic carbocycles. The fraction of sp³-hybridized carbons (Fsp3) is 0.321. The van der Waals surface area contributed by atoms with E-state index in [0.29, 0.717) is 30.9 Å². The first-order valence-electron chi connectivity index (χ1n) is 11.9. The van der Waals surface area contributed by atoms with Crippen LogP contribution < -0.4 is 14.8 Å². The average Bonchev–Trinajstić information content (AvgIpc) is 2.91. The van der Waals surface area contributed by atoms with E-state index < -0.39 is 0 Å². The van der Waals surface area contributed by atoms with Gasteiger partial charge in [0.1, 0.15) is 11.5 Å². The molecule has 0 atom stereocenters. The zero-order valence-corrected chi connectivity index (χ0v) is 20.2. The highest BCUT2D eigenvalue weighted by molar-refractivity contribution is 5.95. The van der Waals surface area contributed by atoms with Gasteiger partial charge in [-0.2, -0.15) is 0 Å². The third-order valence-electron chi connectivity index (χ3n) is 6.24. The van der Waals surface area contributed by atoms with Crippen LogP contribution in [0.5, 0.6) is 11.5 Å². The number of rotatable bonds is 8. The standard InChI is InChI=1S/C28H31N3O4/c1-20-11-12-25(28(33)29-18-21-7-6-10-24(17-21)34-2)27(30-20)22-13-15-31(16-14-22)26(32)19-35-23-8-4-3-5-9-23/h3-12,17,22H,13-16,18-19H2,1-2H3,(H,29,33). The third kappa shape index (κ3) is 6.38. The van der Waals surface area contributed by atoms with E-state index >= 15 is 0 Å². The predicted molar refractivity (Wildman–Crippen MR) is 134 cm³/mol. The van der Waals surface area contributed by atoms with Crippen LogP contribution in [-0.4, -0.2) is 48.5 Å². The molecule has 182 valence electrons. The lowest BCUT2D eigenvalue weighted by Crippen LogP contribution is -2.41. The Morgan fingerprint density at radius 3 is 2.49 bits per heavy atom. The van der Waals surface area contributed by atoms with Gasteiger partial charge in [-0.05, 0) is 61.7 Å². The Bertz CT molecular complexity index is 1160. The van der Waals surface area contributed by atoms with Crippen molar-refractivity contribution in [1.82, 2.24) is 15.2 Å². The van der Waals surface area contributed by atoms with Crippen LogP contribution >= 0.6 is 0 Å². The van der Waals surface area contributed by atoms with Gasteiger partial charge in [0.25, 0.3) is 11.8 Å². The minimum atomic E-state index is -0.148. The predicted octanol–water partition coefficient (Wildman–Crippen LogP) is 4.11. The van der Waals surface area contributed by atoms with Gasteiger partial charge < -0.3 is 19.7 Å². The number of nitrogens with zero attached hydrogens (tertiary/aromatic N) is 2. The molecular formula is C28H31N3O4. The fourth-order valence-electron chi connectivity index (χ4n) is 4.30. The molecule has 0 spiro atoms. The molecular weight excluding hydrogens is 442 g/mol. The SMILES string of the molecule is COc1cccc(CNC(=O)c2ccc(C)nc2C2CCN(C(=O)COc3ccccc3)CC2)c1. The number of pyridine rings is 1. The molecule has 1 aliphatic rings. The van der Waals surface area contributed by atoms with Crippen LogP contribution in [-0.2, 0) is 11.3 Å². The number of amides is 2. The van der Waals surface area contributed by atoms with Crippen LogP contribution in [0.4, 0.5) is 0 Å². The monoisotopic (exact) mass is 473 g/mol. The summed E-state index contributed by atoms with van der Waals surface area (Å²) >= 11 is 0. The van der Waals surface area contributed by atoms with Crippen molar-refractivity contribution in [2.75, 3.05) is 26.8 Å². The third-order valence-corrected chi connectivity index (χ3v) is 6.24. The van der Waals surface area contributed by atoms with Gasteiger partial charge in [-0.25, -0.2) is 0 Å². The first-order valence-corrected chi connectivity index (χ1v) is 11.9. The molecule has 0 radical (unpaired) electrons. The Morgan fingerprint density at radius 1 is 1.00 bits per heavy atom. The van der Waals surface area contributed by atoms with Crippen LogP contribution in [0.1, 0.15) is 46.1 Å². The minimum Gasteiger partial charge on any atom is -0.497 e. The fourth-order valence-corrected chi connectivity index (χ4v) is 4.30. The molecule has 1 aromatic heterocycles. The van der Waals surface area contributed by atoms with E-state index in [4.69, 9.17) is 14.5 Å². The highest BCUT2D eigenvalue weighted by Crippen LogP contribution is 2.29. The van der Waals surface area contributed by atoms with Crippen molar-refractivity contribution in [3.63, 3.8) is 0 Å². The van der Waals surface area contributed by atoms with Gasteiger partial charge in [0.15, 0.2) is 6.61 Å². The van der Waals surface area contributed by atoms with Crippen molar-refractivity contribution in [2.24, 2.45) is 0 Å². The van der Waals surface area contributed by atoms with Gasteiger partial charge in [0.2, 0.25) is 0 Å². The van der Waals surface area contributed by atoms with Gasteiger partial charge in [-0.15, -0.1) is 0 Å². The number of aryl methyl sites for hydroxylation is 1. The molecule has 1 saturated heterocycles. The van der Waals surface area contributed by atoms with E-state index in [1.54, 1.807) is 7.11 Å². The lowest BCUT2D eigenvalue weighted by Gasteiger charge is -2.32. The van der Waals surface area contributed by atoms with E-state index in [9.17, 15) is 9.59 Å². The second-order valence-corrected chi connectivity index (χ2v) is 8.68. The normalized spacial score (nSPS) is 13.8. The van der Waals surface area contributed by atoms with Crippen molar-refractivity contribution in [3.8, 4) is 11.5 Å². The summed E-state index contributed by atoms with van der Waals surface area (Å²) in [6, 6.07) is 20.7. The molecule has 7 heteroatoms. The summed E-state index contributed by atoms with van der Waals surface area (Å²) in [6.07, 6.45) is 1.51. The van der Waals surface area contributed by atoms with Crippen molar-refractivity contribution in [2.45, 2.75) is 32.2 Å². The molecule has 1 fully saturated rings. The molecule has 2 aromatic carbocycles. The number of likely N-dealkylation sites (tertiary alicyclic amines) is 1. The summed E-state index contributed by atoms with van der Waals surface area (Å²) in [6.45, 7) is 3.58. The van der Waals surface area contributed by atoms with Crippen molar-refractivity contribution in [1.29, 1.82) is 0 Å². The number of aromatic nitrogens is 1. The number of piperidine rings is 1. The van der Waals surface area contributed by atoms with Gasteiger partial charge in [0.05, 0.1) is 18.4 Å². The molecule has 0 bridgehead atoms. The van der Waals surface area contributed by atoms with Gasteiger partial charge in [-0.3, -0.25) is 14.6 Å². The van der Waals surface area contributed by atoms with Crippen LogP contribution in [0.3, 0.4) is 0 Å². The second-order valence-electron chi connectivity index (χ2n) is 8.68. The number of para-hydroxylation sites is 1. The Labute approximate surface area is 206 Å². The van der Waals surface area contributed by atoms with Crippen molar-refractivity contribution < 1.29 is 19.1 Å². The van der Waals surface area contributed by atoms with Gasteiger partial charge in [-0.1, -0.05) is 30.3 Å². The summed E-state index contributed by atoms with van der Waals surface area (Å²) in [5.74, 6) is 1.38. The van der Waals surface area contributed by atoms with E-state index in [2.05, 4.69) is 5.32 Å². The highest BCUT2D eigenvalue weighted by atomic mass is 16.5. The Balaban J connectivity index is 1.36. The number of nitrogens with one attached hydrogen (secondary N) is 1. The Hall–Kier alpha value is -3.87. The topological polar surface area (TPSA) is 80.8 Å². The van der Waals surface area contributed by atoms with E-state index in [-0.39, 0.29) is 24.3 Å². The highest BCUT2D eigenvalue weighted by Gasteiger charge is 2.28. The molecule has 7 nitrogen and oxygen atoms in total. The second kappa shape index (κ2) is 11.5. The number of hydrogen-bond donors (Lipinski definition) is 1. The summed E-state index contributed by atoms with van der Waals surface area (Å²) in [5, 5.41) is 3.01. The summed E-state index contributed by atoms with van der Waals surface area (Å²) in [5.41, 5.74) is 3.24. The molecule has 0 unspecified atom stereocenters. The number of benzene rings is 2. The first-order chi connectivity index (χ1) is 17.0. The molecule has 2 heterocycles. The van der Waals surface area contributed by atoms with Gasteiger partial charge in [0, 0.05) is 31.2 Å². The van der Waals surface area contributed by atoms with Crippen molar-refractivity contribution in [3.05, 3.63) is 89.2 Å². The summed E-state index contributed by atoms with van der Waals surface area (Å²) in [4.78, 5) is 32.3. The van der Waals surface area contributed by atoms with Crippen LogP contribution in [0, 0.1) is 6.92 Å². The summed E-state index contributed by atoms with van der Waals surface area (Å²) in [7, 11) is 1.62. The zero-order chi connectivity index (χ0) is 24.6. The number of hydrogen-bond acceptors (Lipinski definition) is 5. The molecule has 3 aromatic rings. The molecule has 2 amide bonds. The maximum absolute atomic E-state index is 13.1. The first kappa shape index (κ1) is 24.3. The lowest BCUT2D eigenvalue weighted by molar-refractivity contribution is -0.134. The van der Waals surface area contributed by atoms with Crippen LogP contribution in [0.2, 0.25) is 0 Å². The van der Waals surface area contributed by atoms with Crippen LogP contribution in [0.15, 0.2) is 66.7 Å².